The van der Waals surface area contributed by atoms with E-state index >= 15 is 4.39 Å². The molecule has 0 radical (unpaired) electrons. The highest BCUT2D eigenvalue weighted by molar-refractivity contribution is 7.80. The third-order valence-electron chi connectivity index (χ3n) is 6.73. The van der Waals surface area contributed by atoms with Gasteiger partial charge in [-0.1, -0.05) is 17.7 Å². The lowest BCUT2D eigenvalue weighted by molar-refractivity contribution is -0.0884. The molecule has 2 fully saturated rings. The molecule has 2 aliphatic heterocycles. The number of benzene rings is 2. The molecule has 1 aromatic heterocycles. The quantitative estimate of drug-likeness (QED) is 0.241. The highest BCUT2D eigenvalue weighted by atomic mass is 35.5. The Balaban J connectivity index is 1.31. The fraction of sp³-hybridized carbons (Fsp3) is 0.407. The summed E-state index contributed by atoms with van der Waals surface area (Å²) in [5, 5.41) is 7.07. The maximum absolute atomic E-state index is 15.2. The average molecular weight is 612 g/mol. The van der Waals surface area contributed by atoms with Gasteiger partial charge in [0.15, 0.2) is 5.11 Å². The van der Waals surface area contributed by atoms with Crippen molar-refractivity contribution in [2.24, 2.45) is 5.41 Å². The lowest BCUT2D eigenvalue weighted by Gasteiger charge is -2.61. The maximum Gasteiger partial charge on any atom is 0.410 e. The predicted octanol–water partition coefficient (Wildman–Crippen LogP) is 6.45. The van der Waals surface area contributed by atoms with Crippen LogP contribution in [0.15, 0.2) is 40.8 Å². The second-order valence-corrected chi connectivity index (χ2v) is 12.0. The Kier molecular flexibility index (Phi) is 7.62. The van der Waals surface area contributed by atoms with Gasteiger partial charge in [-0.3, -0.25) is 0 Å². The zero-order valence-electron chi connectivity index (χ0n) is 22.3. The number of likely N-dealkylation sites (tertiary alicyclic amines) is 2. The van der Waals surface area contributed by atoms with Gasteiger partial charge in [-0.2, -0.15) is 8.78 Å². The Morgan fingerprint density at radius 3 is 2.37 bits per heavy atom. The van der Waals surface area contributed by atoms with Crippen molar-refractivity contribution in [1.82, 2.24) is 20.0 Å². The molecule has 14 heteroatoms. The van der Waals surface area contributed by atoms with E-state index in [1.165, 1.54) is 30.3 Å². The van der Waals surface area contributed by atoms with Crippen molar-refractivity contribution in [2.75, 3.05) is 31.1 Å². The highest BCUT2D eigenvalue weighted by Gasteiger charge is 2.55. The van der Waals surface area contributed by atoms with Crippen LogP contribution in [-0.2, 0) is 11.3 Å². The van der Waals surface area contributed by atoms with Crippen LogP contribution in [0.2, 0.25) is 5.02 Å². The molecule has 1 amide bonds. The van der Waals surface area contributed by atoms with Crippen LogP contribution in [0.3, 0.4) is 0 Å². The van der Waals surface area contributed by atoms with Crippen molar-refractivity contribution in [3.05, 3.63) is 64.5 Å². The lowest BCUT2D eigenvalue weighted by atomic mass is 9.73. The summed E-state index contributed by atoms with van der Waals surface area (Å²) in [6.45, 7) is 7.60. The third kappa shape index (κ3) is 6.10. The molecule has 0 unspecified atom stereocenters. The van der Waals surface area contributed by atoms with E-state index in [9.17, 15) is 18.0 Å². The molecule has 1 spiro atoms. The minimum absolute atomic E-state index is 0.0352. The molecule has 0 N–H and O–H groups in total. The van der Waals surface area contributed by atoms with Crippen molar-refractivity contribution in [3.8, 4) is 11.5 Å². The Labute approximate surface area is 243 Å². The van der Waals surface area contributed by atoms with Crippen LogP contribution in [0.5, 0.6) is 0 Å². The molecule has 0 aliphatic carbocycles. The Hall–Kier alpha value is -3.45. The highest BCUT2D eigenvalue weighted by Crippen LogP contribution is 2.41. The van der Waals surface area contributed by atoms with E-state index < -0.39 is 29.6 Å². The SMILES string of the molecule is CC(C)(C)OC(=O)N1CC2(C1)CN(C(=S)N(Cc1ccc(-c3nnc(C(F)F)o3)cc1F)c1ccc(F)c(Cl)c1)C2. The van der Waals surface area contributed by atoms with Crippen molar-refractivity contribution in [2.45, 2.75) is 39.3 Å². The van der Waals surface area contributed by atoms with Gasteiger partial charge in [-0.05, 0) is 63.3 Å². The molecular weight excluding hydrogens is 586 g/mol. The molecular formula is C27H26ClF4N5O3S. The number of hydrogen-bond donors (Lipinski definition) is 0. The minimum atomic E-state index is -2.95. The van der Waals surface area contributed by atoms with Crippen molar-refractivity contribution in [3.63, 3.8) is 0 Å². The number of aromatic nitrogens is 2. The van der Waals surface area contributed by atoms with Gasteiger partial charge >= 0.3 is 12.5 Å². The molecule has 41 heavy (non-hydrogen) atoms. The largest absolute Gasteiger partial charge is 0.444 e. The molecule has 0 saturated carbocycles. The van der Waals surface area contributed by atoms with Crippen LogP contribution in [0.4, 0.5) is 28.0 Å². The summed E-state index contributed by atoms with van der Waals surface area (Å²) in [5.74, 6) is -2.37. The Morgan fingerprint density at radius 1 is 1.10 bits per heavy atom. The van der Waals surface area contributed by atoms with Gasteiger partial charge in [0, 0.05) is 48.4 Å². The van der Waals surface area contributed by atoms with E-state index in [-0.39, 0.29) is 40.1 Å². The number of thiocarbonyl (C=S) groups is 1. The fourth-order valence-corrected chi connectivity index (χ4v) is 5.30. The van der Waals surface area contributed by atoms with Gasteiger partial charge in [0.1, 0.15) is 17.2 Å². The minimum Gasteiger partial charge on any atom is -0.444 e. The van der Waals surface area contributed by atoms with Gasteiger partial charge in [0.2, 0.25) is 5.89 Å². The topological polar surface area (TPSA) is 74.9 Å². The summed E-state index contributed by atoms with van der Waals surface area (Å²) >= 11 is 11.8. The van der Waals surface area contributed by atoms with Gasteiger partial charge in [0.25, 0.3) is 5.89 Å². The molecule has 0 atom stereocenters. The number of nitrogens with zero attached hydrogens (tertiary/aromatic N) is 5. The van der Waals surface area contributed by atoms with Crippen molar-refractivity contribution in [1.29, 1.82) is 0 Å². The summed E-state index contributed by atoms with van der Waals surface area (Å²) in [4.78, 5) is 17.6. The van der Waals surface area contributed by atoms with E-state index in [4.69, 9.17) is 33.0 Å². The first kappa shape index (κ1) is 29.1. The number of alkyl halides is 2. The van der Waals surface area contributed by atoms with Gasteiger partial charge < -0.3 is 23.9 Å². The number of amides is 1. The maximum atomic E-state index is 15.2. The van der Waals surface area contributed by atoms with Crippen LogP contribution >= 0.6 is 23.8 Å². The Morgan fingerprint density at radius 2 is 1.78 bits per heavy atom. The second-order valence-electron chi connectivity index (χ2n) is 11.2. The fourth-order valence-electron chi connectivity index (χ4n) is 4.83. The molecule has 8 nitrogen and oxygen atoms in total. The number of hydrogen-bond acceptors (Lipinski definition) is 6. The zero-order chi connectivity index (χ0) is 29.7. The molecule has 218 valence electrons. The lowest BCUT2D eigenvalue weighted by Crippen LogP contribution is -2.74. The van der Waals surface area contributed by atoms with Crippen LogP contribution in [0.25, 0.3) is 11.5 Å². The predicted molar refractivity (Wildman–Crippen MR) is 147 cm³/mol. The number of ether oxygens (including phenoxy) is 1. The summed E-state index contributed by atoms with van der Waals surface area (Å²) < 4.78 is 65.2. The first-order valence-electron chi connectivity index (χ1n) is 12.6. The van der Waals surface area contributed by atoms with E-state index in [1.807, 2.05) is 25.7 Å². The number of carbonyl (C=O) groups excluding carboxylic acids is 1. The molecule has 5 rings (SSSR count). The monoisotopic (exact) mass is 611 g/mol. The first-order chi connectivity index (χ1) is 19.2. The van der Waals surface area contributed by atoms with Crippen molar-refractivity contribution < 1.29 is 31.5 Å². The second kappa shape index (κ2) is 10.8. The Bertz CT molecular complexity index is 1480. The number of halogens is 5. The van der Waals surface area contributed by atoms with Crippen LogP contribution < -0.4 is 4.90 Å². The van der Waals surface area contributed by atoms with E-state index in [0.717, 1.165) is 6.07 Å². The average Bonchev–Trinajstić information content (AvgIpc) is 3.33. The summed E-state index contributed by atoms with van der Waals surface area (Å²) in [7, 11) is 0. The van der Waals surface area contributed by atoms with Crippen LogP contribution in [0.1, 0.15) is 38.7 Å². The van der Waals surface area contributed by atoms with Gasteiger partial charge in [-0.25, -0.2) is 13.6 Å². The summed E-state index contributed by atoms with van der Waals surface area (Å²) in [5.41, 5.74) is 0.0980. The number of anilines is 1. The molecule has 2 aliphatic rings. The van der Waals surface area contributed by atoms with E-state index in [2.05, 4.69) is 10.2 Å². The van der Waals surface area contributed by atoms with E-state index in [1.54, 1.807) is 9.80 Å². The van der Waals surface area contributed by atoms with Crippen LogP contribution in [-0.4, -0.2) is 63.0 Å². The molecule has 3 heterocycles. The normalized spacial score (nSPS) is 16.0. The standard InChI is InChI=1S/C27H26ClF4N5O3S/c1-26(2,3)40-25(38)36-13-27(14-36)11-35(12-27)24(41)37(17-6-7-19(29)18(28)9-17)10-16-5-4-15(8-20(16)30)22-33-34-23(39-22)21(31)32/h4-9,21H,10-14H2,1-3H3. The molecule has 0 bridgehead atoms. The van der Waals surface area contributed by atoms with Crippen molar-refractivity contribution >= 4 is 40.7 Å². The smallest absolute Gasteiger partial charge is 0.410 e. The molecule has 2 aromatic carbocycles. The van der Waals surface area contributed by atoms with Crippen LogP contribution in [0, 0.1) is 17.0 Å². The summed E-state index contributed by atoms with van der Waals surface area (Å²) in [6, 6.07) is 8.13. The number of carbonyl (C=O) groups is 1. The van der Waals surface area contributed by atoms with Gasteiger partial charge in [0.05, 0.1) is 11.6 Å². The third-order valence-corrected chi connectivity index (χ3v) is 7.50. The summed E-state index contributed by atoms with van der Waals surface area (Å²) in [6.07, 6.45) is -3.31. The zero-order valence-corrected chi connectivity index (χ0v) is 23.9. The molecule has 3 aromatic rings. The van der Waals surface area contributed by atoms with E-state index in [0.29, 0.717) is 37.0 Å². The van der Waals surface area contributed by atoms with Gasteiger partial charge in [-0.15, -0.1) is 10.2 Å². The molecule has 2 saturated heterocycles. The number of rotatable bonds is 5. The first-order valence-corrected chi connectivity index (χ1v) is 13.4.